The van der Waals surface area contributed by atoms with Crippen LogP contribution in [0.1, 0.15) is 17.1 Å². The maximum absolute atomic E-state index is 12.5. The number of fused-ring (bicyclic) bond motifs is 2. The van der Waals surface area contributed by atoms with E-state index in [1.807, 2.05) is 30.5 Å². The van der Waals surface area contributed by atoms with E-state index in [2.05, 4.69) is 46.3 Å². The predicted molar refractivity (Wildman–Crippen MR) is 125 cm³/mol. The molecule has 4 aromatic rings. The van der Waals surface area contributed by atoms with Gasteiger partial charge in [0, 0.05) is 41.7 Å². The summed E-state index contributed by atoms with van der Waals surface area (Å²) in [6.07, 6.45) is 11.4. The highest BCUT2D eigenvalue weighted by atomic mass is 16.4. The summed E-state index contributed by atoms with van der Waals surface area (Å²) in [4.78, 5) is 25.8. The molecule has 0 radical (unpaired) electrons. The van der Waals surface area contributed by atoms with Crippen LogP contribution >= 0.6 is 0 Å². The fourth-order valence-electron chi connectivity index (χ4n) is 3.72. The van der Waals surface area contributed by atoms with Gasteiger partial charge in [0.25, 0.3) is 5.89 Å². The predicted octanol–water partition coefficient (Wildman–Crippen LogP) is 3.12. The molecule has 1 unspecified atom stereocenters. The standard InChI is InChI=1S/C23H17N9O2/c33-22(29-16-5-8-25-26-12-16)23-30-18-10-13(1-4-19(18)34-23)21-24-7-6-20(31-21)28-15-2-3-17-14(9-15)11-27-32-17/h1-8,10-12,14,32H,9H2,(H,24,28,31)(H,25,29,33). The molecule has 1 aliphatic heterocycles. The minimum atomic E-state index is -0.478. The van der Waals surface area contributed by atoms with Crippen LogP contribution in [0.4, 0.5) is 11.5 Å². The Bertz CT molecular complexity index is 1490. The van der Waals surface area contributed by atoms with E-state index in [-0.39, 0.29) is 11.8 Å². The number of hydrogen-bond donors (Lipinski definition) is 3. The van der Waals surface area contributed by atoms with Gasteiger partial charge in [0.15, 0.2) is 11.4 Å². The first-order valence-corrected chi connectivity index (χ1v) is 10.5. The zero-order valence-electron chi connectivity index (χ0n) is 17.6. The second kappa shape index (κ2) is 8.20. The maximum Gasteiger partial charge on any atom is 0.311 e. The fraction of sp³-hybridized carbons (Fsp3) is 0.0870. The van der Waals surface area contributed by atoms with Gasteiger partial charge in [-0.05, 0) is 42.5 Å². The molecule has 2 aliphatic rings. The average molecular weight is 451 g/mol. The molecule has 0 saturated heterocycles. The van der Waals surface area contributed by atoms with E-state index in [0.29, 0.717) is 28.4 Å². The number of hydrazone groups is 1. The third kappa shape index (κ3) is 3.86. The molecule has 34 heavy (non-hydrogen) atoms. The van der Waals surface area contributed by atoms with Crippen LogP contribution in [0.25, 0.3) is 22.5 Å². The molecule has 3 aromatic heterocycles. The normalized spacial score (nSPS) is 16.4. The number of amides is 1. The van der Waals surface area contributed by atoms with Gasteiger partial charge in [-0.3, -0.25) is 10.2 Å². The molecule has 4 heterocycles. The molecule has 0 saturated carbocycles. The molecule has 3 N–H and O–H groups in total. The van der Waals surface area contributed by atoms with Crippen LogP contribution in [-0.4, -0.2) is 37.3 Å². The summed E-state index contributed by atoms with van der Waals surface area (Å²) in [5.74, 6) is 0.933. The lowest BCUT2D eigenvalue weighted by atomic mass is 9.97. The molecule has 11 heteroatoms. The highest BCUT2D eigenvalue weighted by Gasteiger charge is 2.21. The number of aromatic nitrogens is 5. The van der Waals surface area contributed by atoms with E-state index in [0.717, 1.165) is 23.4 Å². The second-order valence-electron chi connectivity index (χ2n) is 7.69. The van der Waals surface area contributed by atoms with Gasteiger partial charge in [-0.15, -0.1) is 0 Å². The monoisotopic (exact) mass is 451 g/mol. The van der Waals surface area contributed by atoms with Gasteiger partial charge < -0.3 is 15.1 Å². The maximum atomic E-state index is 12.5. The third-order valence-electron chi connectivity index (χ3n) is 5.38. The molecule has 1 atom stereocenters. The summed E-state index contributed by atoms with van der Waals surface area (Å²) in [5.41, 5.74) is 7.40. The van der Waals surface area contributed by atoms with Gasteiger partial charge in [0.2, 0.25) is 0 Å². The van der Waals surface area contributed by atoms with E-state index in [4.69, 9.17) is 4.42 Å². The number of anilines is 2. The largest absolute Gasteiger partial charge is 0.432 e. The number of carbonyl (C=O) groups excluding carboxylic acids is 1. The molecule has 0 fully saturated rings. The Balaban J connectivity index is 1.22. The number of rotatable bonds is 5. The summed E-state index contributed by atoms with van der Waals surface area (Å²) in [6.45, 7) is 0. The van der Waals surface area contributed by atoms with Gasteiger partial charge in [-0.2, -0.15) is 15.3 Å². The Labute approximate surface area is 192 Å². The quantitative estimate of drug-likeness (QED) is 0.417. The minimum absolute atomic E-state index is 0.0538. The van der Waals surface area contributed by atoms with Gasteiger partial charge in [-0.1, -0.05) is 0 Å². The Hall–Kier alpha value is -4.93. The zero-order valence-corrected chi connectivity index (χ0v) is 17.6. The average Bonchev–Trinajstić information content (AvgIpc) is 3.51. The van der Waals surface area contributed by atoms with Crippen molar-refractivity contribution in [3.05, 3.63) is 78.4 Å². The van der Waals surface area contributed by atoms with Crippen LogP contribution in [0.2, 0.25) is 0 Å². The van der Waals surface area contributed by atoms with Crippen LogP contribution in [0.15, 0.2) is 82.0 Å². The number of oxazole rings is 1. The van der Waals surface area contributed by atoms with Crippen molar-refractivity contribution < 1.29 is 9.21 Å². The van der Waals surface area contributed by atoms with E-state index < -0.39 is 5.91 Å². The summed E-state index contributed by atoms with van der Waals surface area (Å²) in [7, 11) is 0. The van der Waals surface area contributed by atoms with Crippen molar-refractivity contribution in [1.29, 1.82) is 0 Å². The second-order valence-corrected chi connectivity index (χ2v) is 7.69. The molecule has 166 valence electrons. The minimum Gasteiger partial charge on any atom is -0.432 e. The highest BCUT2D eigenvalue weighted by molar-refractivity contribution is 6.02. The van der Waals surface area contributed by atoms with E-state index in [9.17, 15) is 4.79 Å². The van der Waals surface area contributed by atoms with Crippen molar-refractivity contribution in [1.82, 2.24) is 30.6 Å². The van der Waals surface area contributed by atoms with Crippen molar-refractivity contribution >= 4 is 34.7 Å². The molecular weight excluding hydrogens is 434 g/mol. The molecule has 0 spiro atoms. The number of benzene rings is 1. The number of carbonyl (C=O) groups is 1. The van der Waals surface area contributed by atoms with Crippen LogP contribution in [0.3, 0.4) is 0 Å². The first-order valence-electron chi connectivity index (χ1n) is 10.5. The third-order valence-corrected chi connectivity index (χ3v) is 5.38. The van der Waals surface area contributed by atoms with Gasteiger partial charge in [0.1, 0.15) is 11.3 Å². The van der Waals surface area contributed by atoms with Crippen LogP contribution in [-0.2, 0) is 0 Å². The van der Waals surface area contributed by atoms with Crippen molar-refractivity contribution in [2.75, 3.05) is 10.6 Å². The molecule has 1 aliphatic carbocycles. The first-order chi connectivity index (χ1) is 16.7. The number of nitrogens with one attached hydrogen (secondary N) is 3. The van der Waals surface area contributed by atoms with Gasteiger partial charge in [-0.25, -0.2) is 15.0 Å². The summed E-state index contributed by atoms with van der Waals surface area (Å²) < 4.78 is 5.61. The van der Waals surface area contributed by atoms with Gasteiger partial charge >= 0.3 is 5.91 Å². The fourth-order valence-corrected chi connectivity index (χ4v) is 3.72. The zero-order chi connectivity index (χ0) is 22.9. The Kier molecular flexibility index (Phi) is 4.76. The molecule has 1 amide bonds. The van der Waals surface area contributed by atoms with E-state index in [1.165, 1.54) is 12.4 Å². The SMILES string of the molecule is O=C(Nc1ccnnc1)c1nc2cc(-c3nccc(NC4=CC=C5NN=CC5C4)n3)ccc2o1. The molecule has 0 bridgehead atoms. The molecule has 6 rings (SSSR count). The summed E-state index contributed by atoms with van der Waals surface area (Å²) in [5, 5.41) is 17.6. The number of hydrogen-bond acceptors (Lipinski definition) is 10. The first kappa shape index (κ1) is 19.7. The number of nitrogens with zero attached hydrogens (tertiary/aromatic N) is 6. The Morgan fingerprint density at radius 2 is 2.06 bits per heavy atom. The van der Waals surface area contributed by atoms with Crippen molar-refractivity contribution in [2.45, 2.75) is 6.42 Å². The highest BCUT2D eigenvalue weighted by Crippen LogP contribution is 2.27. The van der Waals surface area contributed by atoms with E-state index in [1.54, 1.807) is 24.4 Å². The number of allylic oxidation sites excluding steroid dienone is 4. The summed E-state index contributed by atoms with van der Waals surface area (Å²) in [6, 6.07) is 8.81. The smallest absolute Gasteiger partial charge is 0.311 e. The summed E-state index contributed by atoms with van der Waals surface area (Å²) >= 11 is 0. The van der Waals surface area contributed by atoms with Crippen LogP contribution in [0, 0.1) is 5.92 Å². The topological polar surface area (TPSA) is 143 Å². The molecular formula is C23H17N9O2. The lowest BCUT2D eigenvalue weighted by Crippen LogP contribution is -2.15. The van der Waals surface area contributed by atoms with Crippen LogP contribution < -0.4 is 16.1 Å². The lowest BCUT2D eigenvalue weighted by molar-refractivity contribution is 0.0992. The molecule has 11 nitrogen and oxygen atoms in total. The van der Waals surface area contributed by atoms with Crippen LogP contribution in [0.5, 0.6) is 0 Å². The van der Waals surface area contributed by atoms with E-state index >= 15 is 0 Å². The lowest BCUT2D eigenvalue weighted by Gasteiger charge is -2.18. The Morgan fingerprint density at radius 3 is 2.97 bits per heavy atom. The van der Waals surface area contributed by atoms with Crippen molar-refractivity contribution in [3.8, 4) is 11.4 Å². The van der Waals surface area contributed by atoms with Crippen molar-refractivity contribution in [2.24, 2.45) is 11.0 Å². The Morgan fingerprint density at radius 1 is 1.09 bits per heavy atom. The van der Waals surface area contributed by atoms with Crippen molar-refractivity contribution in [3.63, 3.8) is 0 Å². The molecule has 1 aromatic carbocycles. The van der Waals surface area contributed by atoms with Gasteiger partial charge in [0.05, 0.1) is 18.1 Å².